The first-order valence-electron chi connectivity index (χ1n) is 4.91. The van der Waals surface area contributed by atoms with Gasteiger partial charge in [0, 0.05) is 6.92 Å². The van der Waals surface area contributed by atoms with Crippen molar-refractivity contribution in [2.24, 2.45) is 10.2 Å². The summed E-state index contributed by atoms with van der Waals surface area (Å²) in [6.45, 7) is 0.836. The van der Waals surface area contributed by atoms with Crippen LogP contribution in [-0.4, -0.2) is 17.1 Å². The summed E-state index contributed by atoms with van der Waals surface area (Å²) in [6.07, 6.45) is -5.07. The van der Waals surface area contributed by atoms with Crippen molar-refractivity contribution in [1.82, 2.24) is 0 Å². The molecule has 0 aliphatic rings. The second-order valence-electron chi connectivity index (χ2n) is 3.40. The molecule has 102 valence electrons. The molecule has 1 rings (SSSR count). The number of ketones is 1. The van der Waals surface area contributed by atoms with Crippen molar-refractivity contribution in [2.75, 3.05) is 0 Å². The molecule has 0 amide bonds. The summed E-state index contributed by atoms with van der Waals surface area (Å²) >= 11 is 5.72. The summed E-state index contributed by atoms with van der Waals surface area (Å²) in [4.78, 5) is 11.0. The monoisotopic (exact) mass is 292 g/mol. The first kappa shape index (κ1) is 15.2. The Morgan fingerprint density at radius 2 is 1.89 bits per heavy atom. The fourth-order valence-electron chi connectivity index (χ4n) is 1.06. The predicted molar refractivity (Wildman–Crippen MR) is 62.4 cm³/mol. The molecule has 0 bridgehead atoms. The lowest BCUT2D eigenvalue weighted by Gasteiger charge is -2.06. The number of hydrogen-bond acceptors (Lipinski definition) is 4. The third-order valence-electron chi connectivity index (χ3n) is 1.94. The van der Waals surface area contributed by atoms with Gasteiger partial charge >= 0.3 is 6.18 Å². The lowest BCUT2D eigenvalue weighted by Crippen LogP contribution is -2.16. The normalized spacial score (nSPS) is 13.5. The van der Waals surface area contributed by atoms with E-state index in [1.165, 1.54) is 12.1 Å². The summed E-state index contributed by atoms with van der Waals surface area (Å²) in [5.74, 6) is -3.15. The van der Waals surface area contributed by atoms with E-state index in [2.05, 4.69) is 10.2 Å². The van der Waals surface area contributed by atoms with Crippen molar-refractivity contribution in [2.45, 2.75) is 13.1 Å². The van der Waals surface area contributed by atoms with E-state index < -0.39 is 23.4 Å². The van der Waals surface area contributed by atoms with Crippen molar-refractivity contribution in [3.63, 3.8) is 0 Å². The van der Waals surface area contributed by atoms with E-state index in [9.17, 15) is 18.0 Å². The average Bonchev–Trinajstić information content (AvgIpc) is 2.29. The maximum Gasteiger partial charge on any atom is 0.451 e. The Balaban J connectivity index is 3.19. The summed E-state index contributed by atoms with van der Waals surface area (Å²) < 4.78 is 36.8. The molecule has 0 radical (unpaired) electrons. The van der Waals surface area contributed by atoms with Crippen LogP contribution in [0.15, 0.2) is 46.0 Å². The largest absolute Gasteiger partial charge is 0.503 e. The number of alkyl halides is 3. The highest BCUT2D eigenvalue weighted by molar-refractivity contribution is 6.32. The Bertz CT molecular complexity index is 553. The number of rotatable bonds is 3. The van der Waals surface area contributed by atoms with Gasteiger partial charge in [-0.25, -0.2) is 0 Å². The molecule has 0 saturated carbocycles. The molecule has 1 aromatic rings. The van der Waals surface area contributed by atoms with Crippen LogP contribution < -0.4 is 0 Å². The molecular weight excluding hydrogens is 285 g/mol. The van der Waals surface area contributed by atoms with Gasteiger partial charge in [-0.05, 0) is 12.1 Å². The van der Waals surface area contributed by atoms with Crippen LogP contribution >= 0.6 is 11.6 Å². The highest BCUT2D eigenvalue weighted by Crippen LogP contribution is 2.29. The Labute approximate surface area is 111 Å². The van der Waals surface area contributed by atoms with Crippen molar-refractivity contribution < 1.29 is 23.1 Å². The van der Waals surface area contributed by atoms with Crippen LogP contribution in [-0.2, 0) is 4.79 Å². The fraction of sp³-hybridized carbons (Fsp3) is 0.182. The van der Waals surface area contributed by atoms with Crippen LogP contribution in [0.5, 0.6) is 0 Å². The van der Waals surface area contributed by atoms with E-state index >= 15 is 0 Å². The lowest BCUT2D eigenvalue weighted by atomic mass is 10.3. The molecule has 0 spiro atoms. The van der Waals surface area contributed by atoms with E-state index in [-0.39, 0.29) is 10.7 Å². The van der Waals surface area contributed by atoms with E-state index in [0.717, 1.165) is 6.92 Å². The lowest BCUT2D eigenvalue weighted by molar-refractivity contribution is -0.126. The molecule has 19 heavy (non-hydrogen) atoms. The Morgan fingerprint density at radius 1 is 1.32 bits per heavy atom. The molecule has 1 aromatic carbocycles. The topological polar surface area (TPSA) is 62.0 Å². The van der Waals surface area contributed by atoms with Crippen LogP contribution in [0.4, 0.5) is 18.9 Å². The molecule has 0 aliphatic heterocycles. The zero-order valence-electron chi connectivity index (χ0n) is 9.57. The number of allylic oxidation sites excluding steroid dienone is 2. The maximum absolute atomic E-state index is 12.3. The summed E-state index contributed by atoms with van der Waals surface area (Å²) in [6, 6.07) is 5.99. The van der Waals surface area contributed by atoms with Crippen LogP contribution in [0.3, 0.4) is 0 Å². The fourth-order valence-corrected chi connectivity index (χ4v) is 1.23. The van der Waals surface area contributed by atoms with E-state index in [1.54, 1.807) is 12.1 Å². The number of Topliss-reactive ketones (excluding diaryl/α,β-unsaturated/α-hetero) is 1. The first-order chi connectivity index (χ1) is 8.73. The van der Waals surface area contributed by atoms with Gasteiger partial charge in [0.2, 0.25) is 5.76 Å². The van der Waals surface area contributed by atoms with Crippen molar-refractivity contribution in [1.29, 1.82) is 0 Å². The molecular formula is C11H8ClF3N2O2. The summed E-state index contributed by atoms with van der Waals surface area (Å²) in [5.41, 5.74) is -1.09. The smallest absolute Gasteiger partial charge is 0.451 e. The molecule has 1 N–H and O–H groups in total. The van der Waals surface area contributed by atoms with Gasteiger partial charge in [-0.3, -0.25) is 4.79 Å². The second kappa shape index (κ2) is 5.83. The molecule has 0 unspecified atom stereocenters. The second-order valence-corrected chi connectivity index (χ2v) is 3.81. The summed E-state index contributed by atoms with van der Waals surface area (Å²) in [7, 11) is 0. The molecule has 4 nitrogen and oxygen atoms in total. The van der Waals surface area contributed by atoms with Gasteiger partial charge in [-0.1, -0.05) is 23.7 Å². The molecule has 0 aromatic heterocycles. The standard InChI is InChI=1S/C11H8ClF3N2O2/c1-6(18)9(10(19)11(13,14)15)17-16-8-5-3-2-4-7(8)12/h2-5,19H,1H3. The maximum atomic E-state index is 12.3. The van der Waals surface area contributed by atoms with Gasteiger partial charge in [0.15, 0.2) is 11.5 Å². The number of nitrogens with zero attached hydrogens (tertiary/aromatic N) is 2. The van der Waals surface area contributed by atoms with Crippen molar-refractivity contribution in [3.8, 4) is 0 Å². The minimum Gasteiger partial charge on any atom is -0.503 e. The van der Waals surface area contributed by atoms with E-state index in [0.29, 0.717) is 0 Å². The molecule has 8 heteroatoms. The zero-order valence-corrected chi connectivity index (χ0v) is 10.3. The number of aliphatic hydroxyl groups excluding tert-OH is 1. The number of carbonyl (C=O) groups excluding carboxylic acids is 1. The number of halogens is 4. The molecule has 0 atom stereocenters. The Kier molecular flexibility index (Phi) is 4.66. The number of azo groups is 1. The van der Waals surface area contributed by atoms with Gasteiger partial charge < -0.3 is 5.11 Å². The van der Waals surface area contributed by atoms with Gasteiger partial charge in [0.05, 0.1) is 5.02 Å². The predicted octanol–water partition coefficient (Wildman–Crippen LogP) is 4.34. The molecule has 0 heterocycles. The zero-order chi connectivity index (χ0) is 14.6. The van der Waals surface area contributed by atoms with Gasteiger partial charge in [0.25, 0.3) is 0 Å². The van der Waals surface area contributed by atoms with Crippen LogP contribution in [0.1, 0.15) is 6.92 Å². The van der Waals surface area contributed by atoms with Crippen molar-refractivity contribution >= 4 is 23.1 Å². The number of benzene rings is 1. The number of carbonyl (C=O) groups is 1. The van der Waals surface area contributed by atoms with E-state index in [1.807, 2.05) is 0 Å². The molecule has 0 saturated heterocycles. The van der Waals surface area contributed by atoms with Crippen LogP contribution in [0, 0.1) is 0 Å². The number of hydrogen-bond donors (Lipinski definition) is 1. The average molecular weight is 293 g/mol. The third-order valence-corrected chi connectivity index (χ3v) is 2.26. The minimum absolute atomic E-state index is 0.0814. The Hall–Kier alpha value is -1.89. The highest BCUT2D eigenvalue weighted by Gasteiger charge is 2.38. The SMILES string of the molecule is CC(=O)C(N=Nc1ccccc1Cl)=C(O)C(F)(F)F. The van der Waals surface area contributed by atoms with Gasteiger partial charge in [-0.15, -0.1) is 10.2 Å². The third kappa shape index (κ3) is 4.06. The van der Waals surface area contributed by atoms with Crippen LogP contribution in [0.25, 0.3) is 0 Å². The number of aliphatic hydroxyl groups is 1. The van der Waals surface area contributed by atoms with E-state index in [4.69, 9.17) is 16.7 Å². The summed E-state index contributed by atoms with van der Waals surface area (Å²) in [5, 5.41) is 15.6. The Morgan fingerprint density at radius 3 is 2.37 bits per heavy atom. The first-order valence-corrected chi connectivity index (χ1v) is 5.29. The minimum atomic E-state index is -5.07. The molecule has 0 aliphatic carbocycles. The van der Waals surface area contributed by atoms with Gasteiger partial charge in [0.1, 0.15) is 5.69 Å². The van der Waals surface area contributed by atoms with Crippen molar-refractivity contribution in [3.05, 3.63) is 40.7 Å². The quantitative estimate of drug-likeness (QED) is 0.511. The van der Waals surface area contributed by atoms with Gasteiger partial charge in [-0.2, -0.15) is 13.2 Å². The van der Waals surface area contributed by atoms with Crippen LogP contribution in [0.2, 0.25) is 5.02 Å². The molecule has 0 fully saturated rings. The highest BCUT2D eigenvalue weighted by atomic mass is 35.5.